The molecule has 4 heteroatoms. The molecule has 1 aliphatic heterocycles. The predicted molar refractivity (Wildman–Crippen MR) is 70.8 cm³/mol. The van der Waals surface area contributed by atoms with Gasteiger partial charge in [0.05, 0.1) is 6.61 Å². The molecular formula is C13H19NO2S. The number of hydrogen-bond donors (Lipinski definition) is 1. The third-order valence-corrected chi connectivity index (χ3v) is 4.56. The highest BCUT2D eigenvalue weighted by Gasteiger charge is 2.22. The Balaban J connectivity index is 2.01. The van der Waals surface area contributed by atoms with Gasteiger partial charge in [-0.1, -0.05) is 18.2 Å². The predicted octanol–water partition coefficient (Wildman–Crippen LogP) is 1.65. The molecule has 0 radical (unpaired) electrons. The maximum Gasteiger partial charge on any atom is 0.122 e. The molecule has 1 heterocycles. The molecule has 1 aliphatic rings. The quantitative estimate of drug-likeness (QED) is 0.868. The summed E-state index contributed by atoms with van der Waals surface area (Å²) in [6, 6.07) is 8.07. The Hall–Kier alpha value is -0.870. The first kappa shape index (κ1) is 12.6. The number of nitrogens with two attached hydrogens (primary N) is 1. The average Bonchev–Trinajstić information content (AvgIpc) is 2.37. The van der Waals surface area contributed by atoms with Crippen LogP contribution in [0.3, 0.4) is 0 Å². The summed E-state index contributed by atoms with van der Waals surface area (Å²) in [5, 5.41) is 0. The molecule has 0 aromatic heterocycles. The molecule has 17 heavy (non-hydrogen) atoms. The Labute approximate surface area is 105 Å². The van der Waals surface area contributed by atoms with Gasteiger partial charge in [-0.3, -0.25) is 4.21 Å². The molecule has 2 unspecified atom stereocenters. The van der Waals surface area contributed by atoms with Crippen LogP contribution in [0.15, 0.2) is 24.3 Å². The lowest BCUT2D eigenvalue weighted by atomic mass is 9.95. The Morgan fingerprint density at radius 1 is 1.41 bits per heavy atom. The van der Waals surface area contributed by atoms with Gasteiger partial charge in [-0.15, -0.1) is 0 Å². The van der Waals surface area contributed by atoms with Crippen LogP contribution in [0.2, 0.25) is 0 Å². The zero-order chi connectivity index (χ0) is 12.1. The monoisotopic (exact) mass is 253 g/mol. The topological polar surface area (TPSA) is 52.3 Å². The van der Waals surface area contributed by atoms with Crippen molar-refractivity contribution < 1.29 is 8.95 Å². The zero-order valence-electron chi connectivity index (χ0n) is 9.93. The highest BCUT2D eigenvalue weighted by atomic mass is 32.2. The highest BCUT2D eigenvalue weighted by Crippen LogP contribution is 2.33. The van der Waals surface area contributed by atoms with E-state index in [9.17, 15) is 4.21 Å². The van der Waals surface area contributed by atoms with E-state index in [1.54, 1.807) is 0 Å². The first-order valence-electron chi connectivity index (χ1n) is 6.08. The SMILES string of the molecule is NCCCS(=O)CC1CCOc2ccccc21. The summed E-state index contributed by atoms with van der Waals surface area (Å²) in [6.07, 6.45) is 1.81. The van der Waals surface area contributed by atoms with Gasteiger partial charge in [0, 0.05) is 28.2 Å². The molecular weight excluding hydrogens is 234 g/mol. The van der Waals surface area contributed by atoms with Gasteiger partial charge in [0.15, 0.2) is 0 Å². The number of benzene rings is 1. The second kappa shape index (κ2) is 6.17. The van der Waals surface area contributed by atoms with Crippen LogP contribution < -0.4 is 10.5 Å². The van der Waals surface area contributed by atoms with Crippen LogP contribution in [0.5, 0.6) is 5.75 Å². The molecule has 0 spiro atoms. The van der Waals surface area contributed by atoms with E-state index in [4.69, 9.17) is 10.5 Å². The van der Waals surface area contributed by atoms with Gasteiger partial charge < -0.3 is 10.5 Å². The molecule has 94 valence electrons. The lowest BCUT2D eigenvalue weighted by Gasteiger charge is -2.25. The minimum absolute atomic E-state index is 0.374. The van der Waals surface area contributed by atoms with E-state index in [1.165, 1.54) is 5.56 Å². The van der Waals surface area contributed by atoms with Gasteiger partial charge in [-0.05, 0) is 31.0 Å². The van der Waals surface area contributed by atoms with Gasteiger partial charge in [-0.2, -0.15) is 0 Å². The third-order valence-electron chi connectivity index (χ3n) is 3.05. The summed E-state index contributed by atoms with van der Waals surface area (Å²) in [5.41, 5.74) is 6.64. The maximum absolute atomic E-state index is 11.9. The second-order valence-corrected chi connectivity index (χ2v) is 5.95. The van der Waals surface area contributed by atoms with Crippen LogP contribution in [0.4, 0.5) is 0 Å². The van der Waals surface area contributed by atoms with Gasteiger partial charge in [0.1, 0.15) is 5.75 Å². The lowest BCUT2D eigenvalue weighted by molar-refractivity contribution is 0.273. The molecule has 2 N–H and O–H groups in total. The number of para-hydroxylation sites is 1. The summed E-state index contributed by atoms with van der Waals surface area (Å²) in [5.74, 6) is 2.79. The molecule has 0 saturated heterocycles. The van der Waals surface area contributed by atoms with E-state index in [0.29, 0.717) is 12.5 Å². The van der Waals surface area contributed by atoms with E-state index in [-0.39, 0.29) is 0 Å². The van der Waals surface area contributed by atoms with Crippen LogP contribution >= 0.6 is 0 Å². The highest BCUT2D eigenvalue weighted by molar-refractivity contribution is 7.85. The van der Waals surface area contributed by atoms with Gasteiger partial charge in [0.2, 0.25) is 0 Å². The fourth-order valence-corrected chi connectivity index (χ4v) is 3.59. The van der Waals surface area contributed by atoms with Crippen LogP contribution in [0, 0.1) is 0 Å². The van der Waals surface area contributed by atoms with E-state index in [1.807, 2.05) is 18.2 Å². The first-order valence-corrected chi connectivity index (χ1v) is 7.57. The number of hydrogen-bond acceptors (Lipinski definition) is 3. The van der Waals surface area contributed by atoms with Crippen molar-refractivity contribution >= 4 is 10.8 Å². The minimum atomic E-state index is -0.760. The van der Waals surface area contributed by atoms with Crippen molar-refractivity contribution in [1.82, 2.24) is 0 Å². The van der Waals surface area contributed by atoms with Crippen molar-refractivity contribution in [3.63, 3.8) is 0 Å². The lowest BCUT2D eigenvalue weighted by Crippen LogP contribution is -2.20. The van der Waals surface area contributed by atoms with E-state index in [0.717, 1.165) is 36.7 Å². The van der Waals surface area contributed by atoms with Crippen molar-refractivity contribution in [2.24, 2.45) is 5.73 Å². The molecule has 0 saturated carbocycles. The molecule has 0 aliphatic carbocycles. The summed E-state index contributed by atoms with van der Waals surface area (Å²) in [7, 11) is -0.760. The molecule has 1 aromatic rings. The average molecular weight is 253 g/mol. The van der Waals surface area contributed by atoms with E-state index < -0.39 is 10.8 Å². The van der Waals surface area contributed by atoms with Crippen LogP contribution in [-0.2, 0) is 10.8 Å². The number of ether oxygens (including phenoxy) is 1. The van der Waals surface area contributed by atoms with Crippen molar-refractivity contribution in [1.29, 1.82) is 0 Å². The molecule has 0 bridgehead atoms. The molecule has 0 fully saturated rings. The first-order chi connectivity index (χ1) is 8.31. The van der Waals surface area contributed by atoms with Crippen molar-refractivity contribution in [2.75, 3.05) is 24.7 Å². The van der Waals surface area contributed by atoms with Crippen LogP contribution in [-0.4, -0.2) is 28.9 Å². The molecule has 2 atom stereocenters. The summed E-state index contributed by atoms with van der Waals surface area (Å²) in [6.45, 7) is 1.35. The Morgan fingerprint density at radius 2 is 2.24 bits per heavy atom. The Bertz CT molecular complexity index is 395. The van der Waals surface area contributed by atoms with E-state index >= 15 is 0 Å². The Kier molecular flexibility index (Phi) is 4.57. The maximum atomic E-state index is 11.9. The molecule has 3 nitrogen and oxygen atoms in total. The number of rotatable bonds is 5. The van der Waals surface area contributed by atoms with Crippen molar-refractivity contribution in [2.45, 2.75) is 18.8 Å². The van der Waals surface area contributed by atoms with Crippen LogP contribution in [0.1, 0.15) is 24.3 Å². The fraction of sp³-hybridized carbons (Fsp3) is 0.538. The van der Waals surface area contributed by atoms with Crippen molar-refractivity contribution in [3.8, 4) is 5.75 Å². The van der Waals surface area contributed by atoms with Gasteiger partial charge in [0.25, 0.3) is 0 Å². The van der Waals surface area contributed by atoms with Gasteiger partial charge in [-0.25, -0.2) is 0 Å². The second-order valence-electron chi connectivity index (χ2n) is 4.32. The third kappa shape index (κ3) is 3.30. The normalized spacial score (nSPS) is 20.4. The number of fused-ring (bicyclic) bond motifs is 1. The Morgan fingerprint density at radius 3 is 3.06 bits per heavy atom. The fourth-order valence-electron chi connectivity index (χ4n) is 2.14. The largest absolute Gasteiger partial charge is 0.493 e. The smallest absolute Gasteiger partial charge is 0.122 e. The minimum Gasteiger partial charge on any atom is -0.493 e. The summed E-state index contributed by atoms with van der Waals surface area (Å²) in [4.78, 5) is 0. The van der Waals surface area contributed by atoms with Crippen molar-refractivity contribution in [3.05, 3.63) is 29.8 Å². The standard InChI is InChI=1S/C13H19NO2S/c14-7-3-9-17(15)10-11-6-8-16-13-5-2-1-4-12(11)13/h1-2,4-5,11H,3,6-10,14H2. The molecule has 1 aromatic carbocycles. The van der Waals surface area contributed by atoms with Gasteiger partial charge >= 0.3 is 0 Å². The zero-order valence-corrected chi connectivity index (χ0v) is 10.7. The van der Waals surface area contributed by atoms with Crippen LogP contribution in [0.25, 0.3) is 0 Å². The summed E-state index contributed by atoms with van der Waals surface area (Å²) < 4.78 is 17.5. The summed E-state index contributed by atoms with van der Waals surface area (Å²) >= 11 is 0. The van der Waals surface area contributed by atoms with E-state index in [2.05, 4.69) is 6.07 Å². The molecule has 2 rings (SSSR count). The molecule has 0 amide bonds.